The maximum Gasteiger partial charge on any atom is 0.343 e. The number of ketones is 1. The molecule has 10 nitrogen and oxygen atoms in total. The van der Waals surface area contributed by atoms with Gasteiger partial charge in [0.15, 0.2) is 17.3 Å². The van der Waals surface area contributed by atoms with E-state index in [2.05, 4.69) is 5.32 Å². The SMILES string of the molecule is COc1ccc(C(=O)CNC(=O)CC(c2ccc(OC)c(OC)c2OC)c2c(O)cc(C)oc2=O)cc1. The molecule has 0 fully saturated rings. The molecule has 37 heavy (non-hydrogen) atoms. The van der Waals surface area contributed by atoms with Gasteiger partial charge in [-0.2, -0.15) is 0 Å². The van der Waals surface area contributed by atoms with Crippen molar-refractivity contribution in [2.75, 3.05) is 35.0 Å². The molecule has 0 aliphatic heterocycles. The summed E-state index contributed by atoms with van der Waals surface area (Å²) >= 11 is 0. The highest BCUT2D eigenvalue weighted by Crippen LogP contribution is 2.45. The van der Waals surface area contributed by atoms with E-state index in [0.717, 1.165) is 0 Å². The van der Waals surface area contributed by atoms with Crippen molar-refractivity contribution in [2.24, 2.45) is 0 Å². The molecule has 196 valence electrons. The molecule has 1 atom stereocenters. The Morgan fingerprint density at radius 1 is 0.946 bits per heavy atom. The zero-order valence-corrected chi connectivity index (χ0v) is 21.2. The summed E-state index contributed by atoms with van der Waals surface area (Å²) in [5, 5.41) is 13.3. The van der Waals surface area contributed by atoms with Gasteiger partial charge in [0.25, 0.3) is 0 Å². The van der Waals surface area contributed by atoms with E-state index in [1.807, 2.05) is 0 Å². The topological polar surface area (TPSA) is 134 Å². The third kappa shape index (κ3) is 6.03. The molecule has 1 aromatic heterocycles. The van der Waals surface area contributed by atoms with E-state index >= 15 is 0 Å². The maximum absolute atomic E-state index is 13.0. The Hall–Kier alpha value is -4.47. The van der Waals surface area contributed by atoms with Crippen molar-refractivity contribution < 1.29 is 38.1 Å². The van der Waals surface area contributed by atoms with Gasteiger partial charge in [0.2, 0.25) is 11.7 Å². The standard InChI is InChI=1S/C27H29NO9/c1-15-12-20(29)24(27(32)37-15)19(18-10-11-22(34-3)26(36-5)25(18)35-4)13-23(31)28-14-21(30)16-6-8-17(33-2)9-7-16/h6-12,19,29H,13-14H2,1-5H3,(H,28,31). The molecule has 3 rings (SSSR count). The van der Waals surface area contributed by atoms with Crippen LogP contribution in [0, 0.1) is 6.92 Å². The van der Waals surface area contributed by atoms with Crippen LogP contribution in [-0.2, 0) is 4.79 Å². The van der Waals surface area contributed by atoms with Gasteiger partial charge in [-0.1, -0.05) is 6.07 Å². The Bertz CT molecular complexity index is 1330. The molecule has 0 aliphatic rings. The molecule has 2 aromatic carbocycles. The molecular weight excluding hydrogens is 482 g/mol. The average molecular weight is 512 g/mol. The summed E-state index contributed by atoms with van der Waals surface area (Å²) in [4.78, 5) is 38.4. The van der Waals surface area contributed by atoms with E-state index in [-0.39, 0.29) is 47.3 Å². The number of nitrogens with one attached hydrogen (secondary N) is 1. The first-order valence-corrected chi connectivity index (χ1v) is 11.3. The van der Waals surface area contributed by atoms with Gasteiger partial charge in [-0.05, 0) is 37.3 Å². The van der Waals surface area contributed by atoms with Gasteiger partial charge in [-0.25, -0.2) is 4.79 Å². The Balaban J connectivity index is 1.95. The summed E-state index contributed by atoms with van der Waals surface area (Å²) in [5.41, 5.74) is -0.159. The summed E-state index contributed by atoms with van der Waals surface area (Å²) in [6.07, 6.45) is -0.302. The van der Waals surface area contributed by atoms with Crippen molar-refractivity contribution in [1.29, 1.82) is 0 Å². The van der Waals surface area contributed by atoms with Crippen molar-refractivity contribution in [2.45, 2.75) is 19.3 Å². The predicted molar refractivity (Wildman–Crippen MR) is 134 cm³/mol. The van der Waals surface area contributed by atoms with Crippen LogP contribution in [0.4, 0.5) is 0 Å². The highest BCUT2D eigenvalue weighted by atomic mass is 16.5. The van der Waals surface area contributed by atoms with Crippen molar-refractivity contribution in [3.8, 4) is 28.7 Å². The predicted octanol–water partition coefficient (Wildman–Crippen LogP) is 3.21. The van der Waals surface area contributed by atoms with E-state index in [9.17, 15) is 19.5 Å². The van der Waals surface area contributed by atoms with Gasteiger partial charge >= 0.3 is 5.63 Å². The lowest BCUT2D eigenvalue weighted by molar-refractivity contribution is -0.121. The smallest absolute Gasteiger partial charge is 0.343 e. The van der Waals surface area contributed by atoms with Gasteiger partial charge in [0.05, 0.1) is 40.5 Å². The number of aromatic hydroxyl groups is 1. The fourth-order valence-corrected chi connectivity index (χ4v) is 4.01. The summed E-state index contributed by atoms with van der Waals surface area (Å²) in [6.45, 7) is 1.25. The van der Waals surface area contributed by atoms with E-state index in [4.69, 9.17) is 23.4 Å². The first-order chi connectivity index (χ1) is 17.7. The average Bonchev–Trinajstić information content (AvgIpc) is 2.89. The molecule has 10 heteroatoms. The Labute approximate surface area is 213 Å². The van der Waals surface area contributed by atoms with E-state index in [0.29, 0.717) is 22.6 Å². The van der Waals surface area contributed by atoms with Crippen LogP contribution in [0.25, 0.3) is 0 Å². The molecule has 3 aromatic rings. The number of rotatable bonds is 11. The van der Waals surface area contributed by atoms with Crippen LogP contribution in [-0.4, -0.2) is 51.8 Å². The third-order valence-electron chi connectivity index (χ3n) is 5.80. The Kier molecular flexibility index (Phi) is 8.78. The second-order valence-electron chi connectivity index (χ2n) is 8.05. The van der Waals surface area contributed by atoms with E-state index in [1.54, 1.807) is 36.4 Å². The molecule has 0 saturated heterocycles. The van der Waals surface area contributed by atoms with Crippen LogP contribution in [0.2, 0.25) is 0 Å². The highest BCUT2D eigenvalue weighted by Gasteiger charge is 2.30. The zero-order chi connectivity index (χ0) is 27.1. The number of amides is 1. The van der Waals surface area contributed by atoms with Crippen LogP contribution in [0.5, 0.6) is 28.7 Å². The number of benzene rings is 2. The first kappa shape index (κ1) is 27.1. The highest BCUT2D eigenvalue weighted by molar-refractivity contribution is 5.99. The van der Waals surface area contributed by atoms with Gasteiger partial charge in [-0.15, -0.1) is 0 Å². The molecule has 0 radical (unpaired) electrons. The zero-order valence-electron chi connectivity index (χ0n) is 21.2. The van der Waals surface area contributed by atoms with E-state index in [1.165, 1.54) is 41.4 Å². The molecule has 1 amide bonds. The van der Waals surface area contributed by atoms with Crippen LogP contribution < -0.4 is 29.9 Å². The summed E-state index contributed by atoms with van der Waals surface area (Å²) < 4.78 is 26.6. The first-order valence-electron chi connectivity index (χ1n) is 11.3. The number of hydrogen-bond donors (Lipinski definition) is 2. The normalized spacial score (nSPS) is 11.4. The lowest BCUT2D eigenvalue weighted by Crippen LogP contribution is -2.31. The molecular formula is C27H29NO9. The van der Waals surface area contributed by atoms with Crippen LogP contribution in [0.3, 0.4) is 0 Å². The van der Waals surface area contributed by atoms with Gasteiger partial charge in [-0.3, -0.25) is 9.59 Å². The molecule has 1 unspecified atom stereocenters. The second-order valence-corrected chi connectivity index (χ2v) is 8.05. The van der Waals surface area contributed by atoms with Gasteiger partial charge in [0, 0.05) is 29.5 Å². The Morgan fingerprint density at radius 3 is 2.19 bits per heavy atom. The lowest BCUT2D eigenvalue weighted by atomic mass is 9.87. The minimum Gasteiger partial charge on any atom is -0.507 e. The molecule has 1 heterocycles. The number of Topliss-reactive ketones (excluding diaryl/α,β-unsaturated/α-hetero) is 1. The number of ether oxygens (including phenoxy) is 4. The molecule has 0 aliphatic carbocycles. The monoisotopic (exact) mass is 511 g/mol. The summed E-state index contributed by atoms with van der Waals surface area (Å²) in [5.74, 6) is -0.538. The van der Waals surface area contributed by atoms with Gasteiger partial charge in [0.1, 0.15) is 17.3 Å². The largest absolute Gasteiger partial charge is 0.507 e. The summed E-state index contributed by atoms with van der Waals surface area (Å²) in [6, 6.07) is 11.0. The second kappa shape index (κ2) is 12.0. The minimum atomic E-state index is -0.998. The minimum absolute atomic E-state index is 0.132. The lowest BCUT2D eigenvalue weighted by Gasteiger charge is -2.22. The van der Waals surface area contributed by atoms with Crippen LogP contribution >= 0.6 is 0 Å². The fraction of sp³-hybridized carbons (Fsp3) is 0.296. The molecule has 2 N–H and O–H groups in total. The van der Waals surface area contributed by atoms with Gasteiger partial charge < -0.3 is 33.8 Å². The van der Waals surface area contributed by atoms with Crippen molar-refractivity contribution >= 4 is 11.7 Å². The number of hydrogen-bond acceptors (Lipinski definition) is 9. The quantitative estimate of drug-likeness (QED) is 0.372. The fourth-order valence-electron chi connectivity index (χ4n) is 4.01. The number of aryl methyl sites for hydroxylation is 1. The van der Waals surface area contributed by atoms with Crippen LogP contribution in [0.15, 0.2) is 51.7 Å². The van der Waals surface area contributed by atoms with Crippen molar-refractivity contribution in [3.05, 3.63) is 75.3 Å². The number of methoxy groups -OCH3 is 4. The molecule has 0 spiro atoms. The van der Waals surface area contributed by atoms with Crippen LogP contribution in [0.1, 0.15) is 39.6 Å². The van der Waals surface area contributed by atoms with Crippen molar-refractivity contribution in [1.82, 2.24) is 5.32 Å². The molecule has 0 bridgehead atoms. The number of carbonyl (C=O) groups excluding carboxylic acids is 2. The molecule has 0 saturated carbocycles. The van der Waals surface area contributed by atoms with Crippen molar-refractivity contribution in [3.63, 3.8) is 0 Å². The summed E-state index contributed by atoms with van der Waals surface area (Å²) in [7, 11) is 5.81. The Morgan fingerprint density at radius 2 is 1.62 bits per heavy atom. The van der Waals surface area contributed by atoms with E-state index < -0.39 is 17.5 Å². The third-order valence-corrected chi connectivity index (χ3v) is 5.80. The maximum atomic E-state index is 13.0. The number of carbonyl (C=O) groups is 2.